The minimum atomic E-state index is -0.552. The lowest BCUT2D eigenvalue weighted by molar-refractivity contribution is -0.384. The molecule has 1 aromatic heterocycles. The van der Waals surface area contributed by atoms with Crippen LogP contribution in [0.25, 0.3) is 0 Å². The van der Waals surface area contributed by atoms with Crippen molar-refractivity contribution in [1.82, 2.24) is 14.8 Å². The minimum absolute atomic E-state index is 0.145. The van der Waals surface area contributed by atoms with E-state index in [-0.39, 0.29) is 22.3 Å². The van der Waals surface area contributed by atoms with Crippen LogP contribution in [0.4, 0.5) is 11.4 Å². The highest BCUT2D eigenvalue weighted by molar-refractivity contribution is 8.00. The Balaban J connectivity index is 2.09. The SMILES string of the molecule is C[C@H](Sc1nncn1C)C(=O)Nc1cc([N+](=O)[O-])ccc1Cl. The lowest BCUT2D eigenvalue weighted by Crippen LogP contribution is -2.23. The van der Waals surface area contributed by atoms with Crippen LogP contribution in [0, 0.1) is 10.1 Å². The van der Waals surface area contributed by atoms with Gasteiger partial charge in [0, 0.05) is 19.2 Å². The number of aryl methyl sites for hydroxylation is 1. The number of nitro benzene ring substituents is 1. The molecule has 0 bridgehead atoms. The number of nitrogens with one attached hydrogen (secondary N) is 1. The van der Waals surface area contributed by atoms with E-state index in [4.69, 9.17) is 11.6 Å². The number of rotatable bonds is 5. The van der Waals surface area contributed by atoms with Crippen LogP contribution in [0.1, 0.15) is 6.92 Å². The number of nitrogens with zero attached hydrogens (tertiary/aromatic N) is 4. The Morgan fingerprint density at radius 3 is 2.86 bits per heavy atom. The molecule has 2 rings (SSSR count). The summed E-state index contributed by atoms with van der Waals surface area (Å²) < 4.78 is 1.69. The summed E-state index contributed by atoms with van der Waals surface area (Å²) in [4.78, 5) is 22.4. The molecule has 0 aliphatic carbocycles. The van der Waals surface area contributed by atoms with Crippen molar-refractivity contribution < 1.29 is 9.72 Å². The Morgan fingerprint density at radius 1 is 1.55 bits per heavy atom. The van der Waals surface area contributed by atoms with E-state index in [0.29, 0.717) is 5.16 Å². The molecule has 1 aromatic carbocycles. The molecule has 116 valence electrons. The average molecular weight is 342 g/mol. The zero-order valence-corrected chi connectivity index (χ0v) is 13.3. The van der Waals surface area contributed by atoms with E-state index in [2.05, 4.69) is 15.5 Å². The van der Waals surface area contributed by atoms with Gasteiger partial charge in [0.05, 0.1) is 20.9 Å². The molecule has 0 fully saturated rings. The first-order chi connectivity index (χ1) is 10.4. The minimum Gasteiger partial charge on any atom is -0.324 e. The van der Waals surface area contributed by atoms with Crippen LogP contribution >= 0.6 is 23.4 Å². The average Bonchev–Trinajstić information content (AvgIpc) is 2.86. The van der Waals surface area contributed by atoms with Gasteiger partial charge in [-0.2, -0.15) is 0 Å². The van der Waals surface area contributed by atoms with Crippen LogP contribution in [-0.2, 0) is 11.8 Å². The summed E-state index contributed by atoms with van der Waals surface area (Å²) >= 11 is 7.17. The number of hydrogen-bond acceptors (Lipinski definition) is 6. The summed E-state index contributed by atoms with van der Waals surface area (Å²) in [6.07, 6.45) is 1.53. The quantitative estimate of drug-likeness (QED) is 0.509. The van der Waals surface area contributed by atoms with Crippen molar-refractivity contribution in [3.63, 3.8) is 0 Å². The Morgan fingerprint density at radius 2 is 2.27 bits per heavy atom. The highest BCUT2D eigenvalue weighted by Crippen LogP contribution is 2.28. The smallest absolute Gasteiger partial charge is 0.271 e. The molecule has 1 amide bonds. The van der Waals surface area contributed by atoms with Crippen molar-refractivity contribution in [2.45, 2.75) is 17.3 Å². The third-order valence-electron chi connectivity index (χ3n) is 2.74. The van der Waals surface area contributed by atoms with E-state index in [1.165, 1.54) is 36.3 Å². The number of thioether (sulfide) groups is 1. The molecular formula is C12H12ClN5O3S. The molecule has 1 heterocycles. The summed E-state index contributed by atoms with van der Waals surface area (Å²) in [5.41, 5.74) is 0.0552. The van der Waals surface area contributed by atoms with Crippen molar-refractivity contribution in [3.8, 4) is 0 Å². The Labute approximate surface area is 135 Å². The van der Waals surface area contributed by atoms with Gasteiger partial charge in [0.2, 0.25) is 5.91 Å². The number of amides is 1. The fraction of sp³-hybridized carbons (Fsp3) is 0.250. The first-order valence-corrected chi connectivity index (χ1v) is 7.39. The third kappa shape index (κ3) is 3.74. The molecule has 0 radical (unpaired) electrons. The molecular weight excluding hydrogens is 330 g/mol. The molecule has 10 heteroatoms. The highest BCUT2D eigenvalue weighted by Gasteiger charge is 2.19. The van der Waals surface area contributed by atoms with E-state index < -0.39 is 10.2 Å². The van der Waals surface area contributed by atoms with E-state index in [9.17, 15) is 14.9 Å². The first-order valence-electron chi connectivity index (χ1n) is 6.14. The number of anilines is 1. The van der Waals surface area contributed by atoms with Crippen molar-refractivity contribution in [2.75, 3.05) is 5.32 Å². The van der Waals surface area contributed by atoms with Crippen LogP contribution in [-0.4, -0.2) is 30.8 Å². The number of aromatic nitrogens is 3. The Hall–Kier alpha value is -2.13. The number of benzene rings is 1. The van der Waals surface area contributed by atoms with Gasteiger partial charge in [0.1, 0.15) is 6.33 Å². The third-order valence-corrected chi connectivity index (χ3v) is 4.22. The summed E-state index contributed by atoms with van der Waals surface area (Å²) in [5, 5.41) is 21.3. The fourth-order valence-corrected chi connectivity index (χ4v) is 2.50. The van der Waals surface area contributed by atoms with Crippen molar-refractivity contribution in [2.24, 2.45) is 7.05 Å². The maximum atomic E-state index is 12.2. The van der Waals surface area contributed by atoms with Gasteiger partial charge < -0.3 is 9.88 Å². The lowest BCUT2D eigenvalue weighted by Gasteiger charge is -2.12. The van der Waals surface area contributed by atoms with Gasteiger partial charge in [-0.05, 0) is 13.0 Å². The van der Waals surface area contributed by atoms with E-state index in [1.54, 1.807) is 18.5 Å². The number of carbonyl (C=O) groups is 1. The highest BCUT2D eigenvalue weighted by atomic mass is 35.5. The molecule has 0 saturated carbocycles. The maximum Gasteiger partial charge on any atom is 0.271 e. The predicted molar refractivity (Wildman–Crippen MR) is 83.1 cm³/mol. The standard InChI is InChI=1S/C12H12ClN5O3S/c1-7(22-12-16-14-6-17(12)2)11(19)15-10-5-8(18(20)21)3-4-9(10)13/h3-7H,1-2H3,(H,15,19)/t7-/m0/s1. The number of nitro groups is 1. The van der Waals surface area contributed by atoms with E-state index in [0.717, 1.165) is 0 Å². The molecule has 0 unspecified atom stereocenters. The second kappa shape index (κ2) is 6.75. The van der Waals surface area contributed by atoms with Crippen LogP contribution in [0.5, 0.6) is 0 Å². The number of carbonyl (C=O) groups excluding carboxylic acids is 1. The number of hydrogen-bond donors (Lipinski definition) is 1. The summed E-state index contributed by atoms with van der Waals surface area (Å²) in [6.45, 7) is 1.69. The van der Waals surface area contributed by atoms with Crippen molar-refractivity contribution >= 4 is 40.6 Å². The summed E-state index contributed by atoms with van der Waals surface area (Å²) in [5.74, 6) is -0.338. The Bertz CT molecular complexity index is 721. The molecule has 1 N–H and O–H groups in total. The second-order valence-electron chi connectivity index (χ2n) is 4.40. The lowest BCUT2D eigenvalue weighted by atomic mass is 10.2. The van der Waals surface area contributed by atoms with Crippen LogP contribution < -0.4 is 5.32 Å². The van der Waals surface area contributed by atoms with Crippen molar-refractivity contribution in [1.29, 1.82) is 0 Å². The number of halogens is 1. The summed E-state index contributed by atoms with van der Waals surface area (Å²) in [7, 11) is 1.77. The van der Waals surface area contributed by atoms with Gasteiger partial charge in [-0.3, -0.25) is 14.9 Å². The zero-order valence-electron chi connectivity index (χ0n) is 11.7. The zero-order chi connectivity index (χ0) is 16.3. The predicted octanol–water partition coefficient (Wildman–Crippen LogP) is 2.50. The van der Waals surface area contributed by atoms with Gasteiger partial charge in [0.15, 0.2) is 5.16 Å². The molecule has 22 heavy (non-hydrogen) atoms. The van der Waals surface area contributed by atoms with Crippen LogP contribution in [0.3, 0.4) is 0 Å². The molecule has 8 nitrogen and oxygen atoms in total. The van der Waals surface area contributed by atoms with Gasteiger partial charge in [-0.25, -0.2) is 0 Å². The number of non-ortho nitro benzene ring substituents is 1. The van der Waals surface area contributed by atoms with Gasteiger partial charge >= 0.3 is 0 Å². The van der Waals surface area contributed by atoms with Crippen LogP contribution in [0.2, 0.25) is 5.02 Å². The van der Waals surface area contributed by atoms with E-state index in [1.807, 2.05) is 0 Å². The largest absolute Gasteiger partial charge is 0.324 e. The molecule has 0 saturated heterocycles. The van der Waals surface area contributed by atoms with Gasteiger partial charge in [0.25, 0.3) is 5.69 Å². The normalized spacial score (nSPS) is 12.0. The van der Waals surface area contributed by atoms with Crippen LogP contribution in [0.15, 0.2) is 29.7 Å². The maximum absolute atomic E-state index is 12.2. The monoisotopic (exact) mass is 341 g/mol. The molecule has 2 aromatic rings. The molecule has 0 spiro atoms. The van der Waals surface area contributed by atoms with Gasteiger partial charge in [-0.1, -0.05) is 23.4 Å². The van der Waals surface area contributed by atoms with E-state index >= 15 is 0 Å². The molecule has 1 atom stereocenters. The van der Waals surface area contributed by atoms with Gasteiger partial charge in [-0.15, -0.1) is 10.2 Å². The Kier molecular flexibility index (Phi) is 4.99. The molecule has 0 aliphatic heterocycles. The topological polar surface area (TPSA) is 103 Å². The van der Waals surface area contributed by atoms with Crippen molar-refractivity contribution in [3.05, 3.63) is 39.7 Å². The first kappa shape index (κ1) is 16.2. The molecule has 0 aliphatic rings. The second-order valence-corrected chi connectivity index (χ2v) is 6.11. The fourth-order valence-electron chi connectivity index (χ4n) is 1.55. The summed E-state index contributed by atoms with van der Waals surface area (Å²) in [6, 6.07) is 3.87.